The minimum Gasteiger partial charge on any atom is -0.294 e. The second kappa shape index (κ2) is 3.28. The van der Waals surface area contributed by atoms with Gasteiger partial charge in [-0.05, 0) is 41.2 Å². The molecule has 2 aromatic rings. The quantitative estimate of drug-likeness (QED) is 0.732. The van der Waals surface area contributed by atoms with E-state index in [-0.39, 0.29) is 5.78 Å². The van der Waals surface area contributed by atoms with Gasteiger partial charge in [-0.15, -0.1) is 0 Å². The Balaban J connectivity index is 2.13. The van der Waals surface area contributed by atoms with Crippen LogP contribution >= 0.6 is 11.5 Å². The van der Waals surface area contributed by atoms with Crippen molar-refractivity contribution >= 4 is 17.3 Å². The zero-order valence-electron chi connectivity index (χ0n) is 8.06. The highest BCUT2D eigenvalue weighted by atomic mass is 32.1. The summed E-state index contributed by atoms with van der Waals surface area (Å²) >= 11 is 1.46. The number of fused-ring (bicyclic) bond motifs is 1. The van der Waals surface area contributed by atoms with Crippen molar-refractivity contribution in [1.29, 1.82) is 0 Å². The van der Waals surface area contributed by atoms with Gasteiger partial charge >= 0.3 is 0 Å². The topological polar surface area (TPSA) is 30.0 Å². The van der Waals surface area contributed by atoms with Crippen LogP contribution in [0.5, 0.6) is 0 Å². The molecule has 0 bridgehead atoms. The van der Waals surface area contributed by atoms with Crippen LogP contribution in [0.25, 0.3) is 10.4 Å². The van der Waals surface area contributed by atoms with E-state index in [4.69, 9.17) is 0 Å². The van der Waals surface area contributed by atoms with E-state index >= 15 is 0 Å². The number of carbonyl (C=O) groups is 1. The fourth-order valence-electron chi connectivity index (χ4n) is 1.95. The predicted octanol–water partition coefficient (Wildman–Crippen LogP) is 2.94. The van der Waals surface area contributed by atoms with Crippen LogP contribution in [0.15, 0.2) is 30.5 Å². The Kier molecular flexibility index (Phi) is 1.92. The average Bonchev–Trinajstić information content (AvgIpc) is 2.88. The summed E-state index contributed by atoms with van der Waals surface area (Å²) in [5.74, 6) is 0.274. The predicted molar refractivity (Wildman–Crippen MR) is 60.2 cm³/mol. The summed E-state index contributed by atoms with van der Waals surface area (Å²) in [4.78, 5) is 12.7. The molecule has 3 heteroatoms. The maximum Gasteiger partial charge on any atom is 0.163 e. The fraction of sp³-hybridized carbons (Fsp3) is 0.167. The number of hydrogen-bond donors (Lipinski definition) is 0. The second-order valence-corrected chi connectivity index (χ2v) is 4.51. The van der Waals surface area contributed by atoms with Crippen LogP contribution in [0, 0.1) is 0 Å². The minimum absolute atomic E-state index is 0.274. The van der Waals surface area contributed by atoms with Crippen LogP contribution in [0.3, 0.4) is 0 Å². The Morgan fingerprint density at radius 1 is 1.20 bits per heavy atom. The van der Waals surface area contributed by atoms with Gasteiger partial charge in [-0.25, -0.2) is 4.37 Å². The molecule has 0 spiro atoms. The molecule has 0 saturated heterocycles. The first kappa shape index (κ1) is 8.80. The Hall–Kier alpha value is -1.48. The van der Waals surface area contributed by atoms with Crippen molar-refractivity contribution in [2.75, 3.05) is 0 Å². The lowest BCUT2D eigenvalue weighted by atomic mass is 10.1. The zero-order valence-corrected chi connectivity index (χ0v) is 8.88. The van der Waals surface area contributed by atoms with Crippen molar-refractivity contribution in [3.05, 3.63) is 41.6 Å². The SMILES string of the molecule is O=C1CCc2ccc(-c3ccns3)cc21. The van der Waals surface area contributed by atoms with Crippen LogP contribution in [-0.2, 0) is 6.42 Å². The van der Waals surface area contributed by atoms with Crippen LogP contribution in [0.1, 0.15) is 22.3 Å². The monoisotopic (exact) mass is 215 g/mol. The van der Waals surface area contributed by atoms with Crippen molar-refractivity contribution in [2.24, 2.45) is 0 Å². The number of benzene rings is 1. The Morgan fingerprint density at radius 3 is 2.93 bits per heavy atom. The summed E-state index contributed by atoms with van der Waals surface area (Å²) in [6.07, 6.45) is 3.35. The van der Waals surface area contributed by atoms with Gasteiger partial charge in [0.05, 0.1) is 4.88 Å². The summed E-state index contributed by atoms with van der Waals surface area (Å²) < 4.78 is 4.07. The summed E-state index contributed by atoms with van der Waals surface area (Å²) in [6, 6.07) is 8.12. The van der Waals surface area contributed by atoms with E-state index in [1.807, 2.05) is 12.1 Å². The largest absolute Gasteiger partial charge is 0.294 e. The Labute approximate surface area is 91.7 Å². The van der Waals surface area contributed by atoms with E-state index in [1.54, 1.807) is 6.20 Å². The molecule has 0 fully saturated rings. The van der Waals surface area contributed by atoms with Gasteiger partial charge in [0.25, 0.3) is 0 Å². The van der Waals surface area contributed by atoms with E-state index in [2.05, 4.69) is 16.5 Å². The standard InChI is InChI=1S/C12H9NOS/c14-11-4-3-8-1-2-9(7-10(8)11)12-5-6-13-15-12/h1-2,5-7H,3-4H2. The van der Waals surface area contributed by atoms with Crippen molar-refractivity contribution in [1.82, 2.24) is 4.37 Å². The number of rotatable bonds is 1. The van der Waals surface area contributed by atoms with Gasteiger partial charge in [0.2, 0.25) is 0 Å². The van der Waals surface area contributed by atoms with Gasteiger partial charge in [0.15, 0.2) is 5.78 Å². The molecule has 0 N–H and O–H groups in total. The molecular weight excluding hydrogens is 206 g/mol. The van der Waals surface area contributed by atoms with Gasteiger partial charge in [-0.3, -0.25) is 4.79 Å². The van der Waals surface area contributed by atoms with E-state index in [9.17, 15) is 4.79 Å². The summed E-state index contributed by atoms with van der Waals surface area (Å²) in [5.41, 5.74) is 3.20. The van der Waals surface area contributed by atoms with Gasteiger partial charge < -0.3 is 0 Å². The molecule has 1 aromatic heterocycles. The number of aryl methyl sites for hydroxylation is 1. The average molecular weight is 215 g/mol. The molecule has 0 unspecified atom stereocenters. The number of carbonyl (C=O) groups excluding carboxylic acids is 1. The van der Waals surface area contributed by atoms with E-state index in [0.717, 1.165) is 22.4 Å². The highest BCUT2D eigenvalue weighted by molar-refractivity contribution is 7.09. The lowest BCUT2D eigenvalue weighted by Crippen LogP contribution is -1.91. The van der Waals surface area contributed by atoms with Gasteiger partial charge in [0.1, 0.15) is 0 Å². The third-order valence-electron chi connectivity index (χ3n) is 2.75. The number of hydrogen-bond acceptors (Lipinski definition) is 3. The van der Waals surface area contributed by atoms with Crippen LogP contribution < -0.4 is 0 Å². The van der Waals surface area contributed by atoms with Crippen molar-refractivity contribution in [3.8, 4) is 10.4 Å². The van der Waals surface area contributed by atoms with Gasteiger partial charge in [-0.2, -0.15) is 0 Å². The molecule has 74 valence electrons. The molecule has 1 aliphatic rings. The third kappa shape index (κ3) is 1.39. The molecule has 0 radical (unpaired) electrons. The van der Waals surface area contributed by atoms with E-state index in [0.29, 0.717) is 6.42 Å². The number of nitrogens with zero attached hydrogens (tertiary/aromatic N) is 1. The van der Waals surface area contributed by atoms with Crippen molar-refractivity contribution in [2.45, 2.75) is 12.8 Å². The molecule has 0 amide bonds. The maximum absolute atomic E-state index is 11.6. The lowest BCUT2D eigenvalue weighted by molar-refractivity contribution is 0.0994. The molecule has 3 rings (SSSR count). The molecule has 0 aliphatic heterocycles. The molecule has 0 atom stereocenters. The van der Waals surface area contributed by atoms with Crippen LogP contribution in [-0.4, -0.2) is 10.2 Å². The van der Waals surface area contributed by atoms with Crippen LogP contribution in [0.4, 0.5) is 0 Å². The number of aromatic nitrogens is 1. The highest BCUT2D eigenvalue weighted by Crippen LogP contribution is 2.29. The molecule has 1 heterocycles. The van der Waals surface area contributed by atoms with E-state index < -0.39 is 0 Å². The smallest absolute Gasteiger partial charge is 0.163 e. The van der Waals surface area contributed by atoms with E-state index in [1.165, 1.54) is 17.1 Å². The number of Topliss-reactive ketones (excluding diaryl/α,β-unsaturated/α-hetero) is 1. The summed E-state index contributed by atoms with van der Waals surface area (Å²) in [7, 11) is 0. The molecule has 0 saturated carbocycles. The van der Waals surface area contributed by atoms with Gasteiger partial charge in [0, 0.05) is 18.2 Å². The normalized spacial score (nSPS) is 14.3. The van der Waals surface area contributed by atoms with Gasteiger partial charge in [-0.1, -0.05) is 12.1 Å². The highest BCUT2D eigenvalue weighted by Gasteiger charge is 2.19. The molecule has 15 heavy (non-hydrogen) atoms. The first-order valence-corrected chi connectivity index (χ1v) is 5.69. The molecule has 2 nitrogen and oxygen atoms in total. The zero-order chi connectivity index (χ0) is 10.3. The Bertz CT molecular complexity index is 516. The summed E-state index contributed by atoms with van der Waals surface area (Å²) in [5, 5.41) is 0. The molecule has 1 aromatic carbocycles. The summed E-state index contributed by atoms with van der Waals surface area (Å²) in [6.45, 7) is 0. The first-order chi connectivity index (χ1) is 7.34. The lowest BCUT2D eigenvalue weighted by Gasteiger charge is -2.00. The molecular formula is C12H9NOS. The maximum atomic E-state index is 11.6. The second-order valence-electron chi connectivity index (χ2n) is 3.67. The number of ketones is 1. The van der Waals surface area contributed by atoms with Crippen molar-refractivity contribution in [3.63, 3.8) is 0 Å². The Morgan fingerprint density at radius 2 is 2.13 bits per heavy atom. The fourth-order valence-corrected chi connectivity index (χ4v) is 2.54. The molecule has 1 aliphatic carbocycles. The first-order valence-electron chi connectivity index (χ1n) is 4.92. The van der Waals surface area contributed by atoms with Crippen molar-refractivity contribution < 1.29 is 4.79 Å². The third-order valence-corrected chi connectivity index (χ3v) is 3.55. The minimum atomic E-state index is 0.274. The van der Waals surface area contributed by atoms with Crippen LogP contribution in [0.2, 0.25) is 0 Å².